The predicted octanol–water partition coefficient (Wildman–Crippen LogP) is -0.662. The van der Waals surface area contributed by atoms with E-state index in [4.69, 9.17) is 22.1 Å². The summed E-state index contributed by atoms with van der Waals surface area (Å²) in [4.78, 5) is 29.0. The van der Waals surface area contributed by atoms with E-state index < -0.39 is 5.56 Å². The number of carbonyl (C=O) groups is 1. The van der Waals surface area contributed by atoms with Gasteiger partial charge < -0.3 is 15.4 Å². The highest BCUT2D eigenvalue weighted by Crippen LogP contribution is 2.08. The largest absolute Gasteiger partial charge is 0.392 e. The zero-order chi connectivity index (χ0) is 13.1. The molecule has 18 heavy (non-hydrogen) atoms. The zero-order valence-electron chi connectivity index (χ0n) is 9.63. The third kappa shape index (κ3) is 2.62. The molecule has 8 heteroatoms. The molecular weight excluding hydrogens is 260 g/mol. The third-order valence-corrected chi connectivity index (χ3v) is 2.99. The molecule has 0 spiro atoms. The molecule has 0 aliphatic carbocycles. The van der Waals surface area contributed by atoms with Crippen LogP contribution in [0.5, 0.6) is 0 Å². The smallest absolute Gasteiger partial charge is 0.278 e. The van der Waals surface area contributed by atoms with Crippen LogP contribution in [-0.4, -0.2) is 46.7 Å². The monoisotopic (exact) mass is 272 g/mol. The summed E-state index contributed by atoms with van der Waals surface area (Å²) in [7, 11) is 0. The summed E-state index contributed by atoms with van der Waals surface area (Å²) in [6.45, 7) is 2.00. The Morgan fingerprint density at radius 2 is 2.17 bits per heavy atom. The van der Waals surface area contributed by atoms with E-state index in [1.807, 2.05) is 0 Å². The fraction of sp³-hybridized carbons (Fsp3) is 0.500. The van der Waals surface area contributed by atoms with Crippen LogP contribution in [0.15, 0.2) is 11.1 Å². The van der Waals surface area contributed by atoms with E-state index in [0.717, 1.165) is 4.57 Å². The fourth-order valence-electron chi connectivity index (χ4n) is 1.66. The number of aromatic nitrogens is 2. The Kier molecular flexibility index (Phi) is 3.83. The number of morpholine rings is 1. The van der Waals surface area contributed by atoms with Crippen molar-refractivity contribution in [1.82, 2.24) is 14.5 Å². The van der Waals surface area contributed by atoms with E-state index in [-0.39, 0.29) is 23.3 Å². The molecule has 2 heterocycles. The highest BCUT2D eigenvalue weighted by molar-refractivity contribution is 6.31. The van der Waals surface area contributed by atoms with E-state index >= 15 is 0 Å². The Bertz CT molecular complexity index is 510. The van der Waals surface area contributed by atoms with Crippen LogP contribution in [0.25, 0.3) is 0 Å². The summed E-state index contributed by atoms with van der Waals surface area (Å²) < 4.78 is 6.30. The first-order chi connectivity index (χ1) is 8.59. The Morgan fingerprint density at radius 1 is 1.50 bits per heavy atom. The molecule has 2 rings (SSSR count). The van der Waals surface area contributed by atoms with Gasteiger partial charge in [-0.3, -0.25) is 14.2 Å². The number of carbonyl (C=O) groups excluding carboxylic acids is 1. The maximum Gasteiger partial charge on any atom is 0.278 e. The Hall–Kier alpha value is -1.60. The zero-order valence-corrected chi connectivity index (χ0v) is 10.4. The molecule has 2 N–H and O–H groups in total. The van der Waals surface area contributed by atoms with Gasteiger partial charge in [-0.2, -0.15) is 0 Å². The molecule has 0 aromatic carbocycles. The minimum Gasteiger partial charge on any atom is -0.392 e. The second-order valence-corrected chi connectivity index (χ2v) is 4.23. The number of rotatable bonds is 2. The van der Waals surface area contributed by atoms with Crippen molar-refractivity contribution in [3.63, 3.8) is 0 Å². The third-order valence-electron chi connectivity index (χ3n) is 2.69. The number of hydrogen-bond acceptors (Lipinski definition) is 5. The molecule has 0 unspecified atom stereocenters. The maximum atomic E-state index is 11.9. The molecule has 1 saturated heterocycles. The van der Waals surface area contributed by atoms with Crippen LogP contribution in [0.4, 0.5) is 5.69 Å². The molecule has 0 atom stereocenters. The predicted molar refractivity (Wildman–Crippen MR) is 65.3 cm³/mol. The first-order valence-electron chi connectivity index (χ1n) is 5.45. The van der Waals surface area contributed by atoms with Gasteiger partial charge in [0.1, 0.15) is 12.2 Å². The van der Waals surface area contributed by atoms with E-state index in [0.29, 0.717) is 26.3 Å². The first-order valence-corrected chi connectivity index (χ1v) is 5.83. The number of hydrogen-bond donors (Lipinski definition) is 1. The van der Waals surface area contributed by atoms with Crippen LogP contribution in [-0.2, 0) is 16.1 Å². The van der Waals surface area contributed by atoms with Gasteiger partial charge in [-0.05, 0) is 0 Å². The fourth-order valence-corrected chi connectivity index (χ4v) is 1.78. The van der Waals surface area contributed by atoms with E-state index in [1.165, 1.54) is 6.33 Å². The number of anilines is 1. The second-order valence-electron chi connectivity index (χ2n) is 3.88. The van der Waals surface area contributed by atoms with E-state index in [9.17, 15) is 9.59 Å². The number of nitrogens with zero attached hydrogens (tertiary/aromatic N) is 3. The van der Waals surface area contributed by atoms with Crippen molar-refractivity contribution in [3.05, 3.63) is 21.8 Å². The topological polar surface area (TPSA) is 90.4 Å². The Morgan fingerprint density at radius 3 is 2.83 bits per heavy atom. The second kappa shape index (κ2) is 5.36. The maximum absolute atomic E-state index is 11.9. The lowest BCUT2D eigenvalue weighted by Crippen LogP contribution is -2.43. The summed E-state index contributed by atoms with van der Waals surface area (Å²) in [6, 6.07) is 0. The summed E-state index contributed by atoms with van der Waals surface area (Å²) in [5.41, 5.74) is 4.82. The Labute approximate surface area is 108 Å². The van der Waals surface area contributed by atoms with Gasteiger partial charge in [-0.1, -0.05) is 11.6 Å². The highest BCUT2D eigenvalue weighted by Gasteiger charge is 2.18. The highest BCUT2D eigenvalue weighted by atomic mass is 35.5. The number of nitrogen functional groups attached to an aromatic ring is 1. The van der Waals surface area contributed by atoms with E-state index in [1.54, 1.807) is 4.90 Å². The molecule has 1 fully saturated rings. The van der Waals surface area contributed by atoms with Crippen LogP contribution >= 0.6 is 11.6 Å². The van der Waals surface area contributed by atoms with Crippen LogP contribution < -0.4 is 11.3 Å². The molecule has 0 radical (unpaired) electrons. The van der Waals surface area contributed by atoms with Crippen LogP contribution in [0, 0.1) is 0 Å². The van der Waals surface area contributed by atoms with Gasteiger partial charge in [0.15, 0.2) is 5.15 Å². The van der Waals surface area contributed by atoms with Gasteiger partial charge in [-0.25, -0.2) is 4.98 Å². The van der Waals surface area contributed by atoms with Crippen molar-refractivity contribution < 1.29 is 9.53 Å². The van der Waals surface area contributed by atoms with Crippen molar-refractivity contribution in [2.75, 3.05) is 32.0 Å². The SMILES string of the molecule is Nc1c(Cl)ncn(CC(=O)N2CCOCC2)c1=O. The summed E-state index contributed by atoms with van der Waals surface area (Å²) in [5.74, 6) is -0.163. The molecule has 1 aromatic heterocycles. The molecule has 1 aliphatic rings. The molecule has 1 amide bonds. The van der Waals surface area contributed by atoms with Crippen LogP contribution in [0.1, 0.15) is 0 Å². The minimum atomic E-state index is -0.503. The molecule has 1 aliphatic heterocycles. The number of halogens is 1. The molecule has 7 nitrogen and oxygen atoms in total. The molecular formula is C10H13ClN4O3. The van der Waals surface area contributed by atoms with Gasteiger partial charge in [-0.15, -0.1) is 0 Å². The quantitative estimate of drug-likeness (QED) is 0.722. The standard InChI is InChI=1S/C10H13ClN4O3/c11-9-8(12)10(17)15(6-13-9)5-7(16)14-1-3-18-4-2-14/h6H,1-5,12H2. The van der Waals surface area contributed by atoms with Gasteiger partial charge in [0.2, 0.25) is 5.91 Å². The minimum absolute atomic E-state index is 0.0462. The molecule has 1 aromatic rings. The first kappa shape index (κ1) is 12.8. The van der Waals surface area contributed by atoms with Gasteiger partial charge in [0, 0.05) is 13.1 Å². The lowest BCUT2D eigenvalue weighted by molar-refractivity contribution is -0.135. The van der Waals surface area contributed by atoms with Crippen molar-refractivity contribution in [3.8, 4) is 0 Å². The van der Waals surface area contributed by atoms with Gasteiger partial charge in [0.25, 0.3) is 5.56 Å². The van der Waals surface area contributed by atoms with Crippen molar-refractivity contribution in [2.45, 2.75) is 6.54 Å². The summed E-state index contributed by atoms with van der Waals surface area (Å²) in [5, 5.41) is -0.0462. The normalized spacial score (nSPS) is 15.7. The summed E-state index contributed by atoms with van der Waals surface area (Å²) >= 11 is 5.61. The van der Waals surface area contributed by atoms with Crippen LogP contribution in [0.3, 0.4) is 0 Å². The summed E-state index contributed by atoms with van der Waals surface area (Å²) in [6.07, 6.45) is 1.22. The number of nitrogens with two attached hydrogens (primary N) is 1. The average molecular weight is 273 g/mol. The van der Waals surface area contributed by atoms with Crippen molar-refractivity contribution >= 4 is 23.2 Å². The van der Waals surface area contributed by atoms with Crippen LogP contribution in [0.2, 0.25) is 5.15 Å². The number of ether oxygens (including phenoxy) is 1. The van der Waals surface area contributed by atoms with Gasteiger partial charge in [0.05, 0.1) is 19.5 Å². The van der Waals surface area contributed by atoms with Crippen molar-refractivity contribution in [2.24, 2.45) is 0 Å². The average Bonchev–Trinajstić information content (AvgIpc) is 2.40. The van der Waals surface area contributed by atoms with Gasteiger partial charge >= 0.3 is 0 Å². The lowest BCUT2D eigenvalue weighted by atomic mass is 10.4. The van der Waals surface area contributed by atoms with E-state index in [2.05, 4.69) is 4.98 Å². The number of amides is 1. The van der Waals surface area contributed by atoms with Crippen molar-refractivity contribution in [1.29, 1.82) is 0 Å². The molecule has 0 saturated carbocycles. The molecule has 98 valence electrons. The molecule has 0 bridgehead atoms. The Balaban J connectivity index is 2.12. The lowest BCUT2D eigenvalue weighted by Gasteiger charge is -2.27.